The minimum absolute atomic E-state index is 0.127. The van der Waals surface area contributed by atoms with Crippen LogP contribution in [0.1, 0.15) is 32.3 Å². The summed E-state index contributed by atoms with van der Waals surface area (Å²) >= 11 is 0. The van der Waals surface area contributed by atoms with E-state index >= 15 is 0 Å². The van der Waals surface area contributed by atoms with Gasteiger partial charge in [-0.3, -0.25) is 4.79 Å². The first-order valence-electron chi connectivity index (χ1n) is 7.08. The maximum Gasteiger partial charge on any atom is 0.318 e. The quantitative estimate of drug-likeness (QED) is 0.797. The molecule has 2 atom stereocenters. The second-order valence-electron chi connectivity index (χ2n) is 6.67. The number of ether oxygens (including phenoxy) is 2. The van der Waals surface area contributed by atoms with E-state index in [1.165, 1.54) is 0 Å². The van der Waals surface area contributed by atoms with Gasteiger partial charge in [0.25, 0.3) is 0 Å². The summed E-state index contributed by atoms with van der Waals surface area (Å²) in [7, 11) is 0. The van der Waals surface area contributed by atoms with Crippen LogP contribution in [0.2, 0.25) is 0 Å². The summed E-state index contributed by atoms with van der Waals surface area (Å²) in [6.45, 7) is 7.49. The highest BCUT2D eigenvalue weighted by Crippen LogP contribution is 2.47. The van der Waals surface area contributed by atoms with Crippen LogP contribution in [-0.4, -0.2) is 31.3 Å². The monoisotopic (exact) mass is 275 g/mol. The lowest BCUT2D eigenvalue weighted by atomic mass is 9.73. The minimum atomic E-state index is -0.596. The van der Waals surface area contributed by atoms with Gasteiger partial charge in [-0.15, -0.1) is 0 Å². The summed E-state index contributed by atoms with van der Waals surface area (Å²) in [5.41, 5.74) is 0.0343. The summed E-state index contributed by atoms with van der Waals surface area (Å²) in [5, 5.41) is 3.33. The summed E-state index contributed by atoms with van der Waals surface area (Å²) in [6.07, 6.45) is 0. The van der Waals surface area contributed by atoms with E-state index < -0.39 is 11.0 Å². The van der Waals surface area contributed by atoms with E-state index in [4.69, 9.17) is 9.47 Å². The number of carbonyl (C=O) groups is 1. The number of rotatable bonds is 1. The highest BCUT2D eigenvalue weighted by Gasteiger charge is 2.55. The Bertz CT molecular complexity index is 535. The van der Waals surface area contributed by atoms with Gasteiger partial charge >= 0.3 is 5.97 Å². The van der Waals surface area contributed by atoms with Crippen molar-refractivity contribution in [1.82, 2.24) is 5.32 Å². The maximum absolute atomic E-state index is 12.7. The average molecular weight is 275 g/mol. The number of esters is 1. The van der Waals surface area contributed by atoms with Crippen molar-refractivity contribution in [2.45, 2.75) is 32.3 Å². The Morgan fingerprint density at radius 2 is 2.15 bits per heavy atom. The van der Waals surface area contributed by atoms with Crippen molar-refractivity contribution in [2.75, 3.05) is 19.7 Å². The van der Waals surface area contributed by atoms with Crippen LogP contribution in [0.3, 0.4) is 0 Å². The molecular formula is C16H21NO3. The second-order valence-corrected chi connectivity index (χ2v) is 6.67. The van der Waals surface area contributed by atoms with Gasteiger partial charge in [0, 0.05) is 19.0 Å². The van der Waals surface area contributed by atoms with Gasteiger partial charge in [-0.05, 0) is 32.4 Å². The Labute approximate surface area is 119 Å². The van der Waals surface area contributed by atoms with Gasteiger partial charge in [-0.1, -0.05) is 18.2 Å². The van der Waals surface area contributed by atoms with Crippen LogP contribution in [0, 0.1) is 5.41 Å². The van der Waals surface area contributed by atoms with Crippen LogP contribution >= 0.6 is 0 Å². The van der Waals surface area contributed by atoms with Gasteiger partial charge < -0.3 is 14.8 Å². The van der Waals surface area contributed by atoms with Crippen molar-refractivity contribution in [3.63, 3.8) is 0 Å². The third kappa shape index (κ3) is 2.08. The molecule has 0 aromatic heterocycles. The molecule has 2 aliphatic rings. The number of carbonyl (C=O) groups excluding carboxylic acids is 1. The first-order valence-corrected chi connectivity index (χ1v) is 7.08. The van der Waals surface area contributed by atoms with E-state index in [0.717, 1.165) is 17.9 Å². The summed E-state index contributed by atoms with van der Waals surface area (Å²) < 4.78 is 11.5. The van der Waals surface area contributed by atoms with E-state index in [-0.39, 0.29) is 11.9 Å². The van der Waals surface area contributed by atoms with Crippen molar-refractivity contribution in [1.29, 1.82) is 0 Å². The van der Waals surface area contributed by atoms with Crippen LogP contribution in [0.15, 0.2) is 24.3 Å². The predicted molar refractivity (Wildman–Crippen MR) is 75.8 cm³/mol. The Balaban J connectivity index is 1.96. The molecule has 2 unspecified atom stereocenters. The Morgan fingerprint density at radius 1 is 1.40 bits per heavy atom. The van der Waals surface area contributed by atoms with Crippen LogP contribution in [0.5, 0.6) is 5.75 Å². The lowest BCUT2D eigenvalue weighted by Crippen LogP contribution is -2.48. The Morgan fingerprint density at radius 3 is 2.90 bits per heavy atom. The van der Waals surface area contributed by atoms with E-state index in [1.54, 1.807) is 0 Å². The van der Waals surface area contributed by atoms with Gasteiger partial charge in [0.05, 0.1) is 0 Å². The molecule has 0 radical (unpaired) electrons. The first kappa shape index (κ1) is 13.4. The van der Waals surface area contributed by atoms with Crippen LogP contribution in [0.25, 0.3) is 0 Å². The van der Waals surface area contributed by atoms with Crippen molar-refractivity contribution in [3.8, 4) is 5.75 Å². The molecule has 4 nitrogen and oxygen atoms in total. The van der Waals surface area contributed by atoms with Crippen LogP contribution < -0.4 is 10.1 Å². The van der Waals surface area contributed by atoms with E-state index in [0.29, 0.717) is 13.2 Å². The maximum atomic E-state index is 12.7. The molecular weight excluding hydrogens is 254 g/mol. The van der Waals surface area contributed by atoms with Gasteiger partial charge in [0.2, 0.25) is 0 Å². The zero-order valence-electron chi connectivity index (χ0n) is 12.2. The molecule has 20 heavy (non-hydrogen) atoms. The normalized spacial score (nSPS) is 28.2. The first-order chi connectivity index (χ1) is 9.42. The number of para-hydroxylation sites is 1. The van der Waals surface area contributed by atoms with E-state index in [9.17, 15) is 4.79 Å². The van der Waals surface area contributed by atoms with Gasteiger partial charge in [0.1, 0.15) is 23.4 Å². The fourth-order valence-corrected chi connectivity index (χ4v) is 3.08. The SMILES string of the molecule is CC(C)(C)OC(=O)C12CNCC1c1ccccc1OC2. The third-order valence-corrected chi connectivity index (χ3v) is 4.04. The highest BCUT2D eigenvalue weighted by atomic mass is 16.6. The summed E-state index contributed by atoms with van der Waals surface area (Å²) in [5.74, 6) is 0.859. The lowest BCUT2D eigenvalue weighted by molar-refractivity contribution is -0.170. The zero-order valence-corrected chi connectivity index (χ0v) is 12.2. The van der Waals surface area contributed by atoms with Crippen molar-refractivity contribution in [3.05, 3.63) is 29.8 Å². The smallest absolute Gasteiger partial charge is 0.318 e. The lowest BCUT2D eigenvalue weighted by Gasteiger charge is -2.39. The molecule has 0 amide bonds. The number of fused-ring (bicyclic) bond motifs is 3. The summed E-state index contributed by atoms with van der Waals surface area (Å²) in [4.78, 5) is 12.7. The molecule has 2 aliphatic heterocycles. The van der Waals surface area contributed by atoms with Gasteiger partial charge in [0.15, 0.2) is 0 Å². The highest BCUT2D eigenvalue weighted by molar-refractivity contribution is 5.80. The number of nitrogens with one attached hydrogen (secondary N) is 1. The molecule has 4 heteroatoms. The van der Waals surface area contributed by atoms with E-state index in [2.05, 4.69) is 5.32 Å². The molecule has 0 saturated carbocycles. The number of benzene rings is 1. The summed E-state index contributed by atoms with van der Waals surface area (Å²) in [6, 6.07) is 7.96. The molecule has 0 spiro atoms. The minimum Gasteiger partial charge on any atom is -0.492 e. The molecule has 1 N–H and O–H groups in total. The second kappa shape index (κ2) is 4.48. The molecule has 0 aliphatic carbocycles. The molecule has 2 heterocycles. The van der Waals surface area contributed by atoms with Gasteiger partial charge in [-0.25, -0.2) is 0 Å². The van der Waals surface area contributed by atoms with Crippen LogP contribution in [-0.2, 0) is 9.53 Å². The predicted octanol–water partition coefficient (Wildman–Crippen LogP) is 2.09. The van der Waals surface area contributed by atoms with Crippen LogP contribution in [0.4, 0.5) is 0 Å². The van der Waals surface area contributed by atoms with Crippen molar-refractivity contribution < 1.29 is 14.3 Å². The molecule has 1 aromatic rings. The topological polar surface area (TPSA) is 47.6 Å². The molecule has 1 aromatic carbocycles. The number of hydrogen-bond acceptors (Lipinski definition) is 4. The fourth-order valence-electron chi connectivity index (χ4n) is 3.08. The molecule has 1 fully saturated rings. The number of hydrogen-bond donors (Lipinski definition) is 1. The van der Waals surface area contributed by atoms with E-state index in [1.807, 2.05) is 45.0 Å². The van der Waals surface area contributed by atoms with Crippen molar-refractivity contribution >= 4 is 5.97 Å². The third-order valence-electron chi connectivity index (χ3n) is 4.04. The Kier molecular flexibility index (Phi) is 3.01. The van der Waals surface area contributed by atoms with Crippen molar-refractivity contribution in [2.24, 2.45) is 5.41 Å². The molecule has 1 saturated heterocycles. The zero-order chi connectivity index (χ0) is 14.4. The fraction of sp³-hybridized carbons (Fsp3) is 0.562. The standard InChI is InChI=1S/C16H21NO3/c1-15(2,3)20-14(18)16-9-17-8-12(16)11-6-4-5-7-13(11)19-10-16/h4-7,12,17H,8-10H2,1-3H3. The Hall–Kier alpha value is -1.55. The average Bonchev–Trinajstić information content (AvgIpc) is 2.82. The van der Waals surface area contributed by atoms with Gasteiger partial charge in [-0.2, -0.15) is 0 Å². The largest absolute Gasteiger partial charge is 0.492 e. The molecule has 0 bridgehead atoms. The molecule has 108 valence electrons. The molecule has 3 rings (SSSR count).